The lowest BCUT2D eigenvalue weighted by Gasteiger charge is -2.16. The summed E-state index contributed by atoms with van der Waals surface area (Å²) in [6.07, 6.45) is 1.38. The van der Waals surface area contributed by atoms with Crippen molar-refractivity contribution in [3.63, 3.8) is 0 Å². The van der Waals surface area contributed by atoms with Gasteiger partial charge in [-0.2, -0.15) is 0 Å². The molecule has 1 aromatic rings. The second-order valence-electron chi connectivity index (χ2n) is 4.37. The first-order chi connectivity index (χ1) is 9.13. The SMILES string of the molecule is CCOC(=O)C(C)c1ccc(OC)cc1CCCO. The molecule has 0 saturated carbocycles. The lowest BCUT2D eigenvalue weighted by Crippen LogP contribution is -2.15. The van der Waals surface area contributed by atoms with E-state index in [1.807, 2.05) is 25.1 Å². The van der Waals surface area contributed by atoms with E-state index in [9.17, 15) is 4.79 Å². The van der Waals surface area contributed by atoms with Gasteiger partial charge in [0.1, 0.15) is 5.75 Å². The Balaban J connectivity index is 2.99. The summed E-state index contributed by atoms with van der Waals surface area (Å²) in [7, 11) is 1.61. The first-order valence-electron chi connectivity index (χ1n) is 6.58. The third-order valence-corrected chi connectivity index (χ3v) is 3.06. The van der Waals surface area contributed by atoms with E-state index in [-0.39, 0.29) is 18.5 Å². The summed E-state index contributed by atoms with van der Waals surface area (Å²) in [6, 6.07) is 5.65. The monoisotopic (exact) mass is 266 g/mol. The quantitative estimate of drug-likeness (QED) is 0.769. The molecule has 0 aromatic heterocycles. The number of methoxy groups -OCH3 is 1. The van der Waals surface area contributed by atoms with Gasteiger partial charge in [-0.1, -0.05) is 6.07 Å². The van der Waals surface area contributed by atoms with E-state index in [2.05, 4.69) is 0 Å². The Morgan fingerprint density at radius 2 is 2.16 bits per heavy atom. The van der Waals surface area contributed by atoms with Crippen LogP contribution in [0.1, 0.15) is 37.3 Å². The van der Waals surface area contributed by atoms with Gasteiger partial charge in [-0.05, 0) is 49.9 Å². The third kappa shape index (κ3) is 4.24. The number of aliphatic hydroxyl groups is 1. The molecule has 1 unspecified atom stereocenters. The van der Waals surface area contributed by atoms with Crippen LogP contribution in [0.5, 0.6) is 5.75 Å². The highest BCUT2D eigenvalue weighted by molar-refractivity contribution is 5.78. The van der Waals surface area contributed by atoms with Crippen LogP contribution < -0.4 is 4.74 Å². The fourth-order valence-electron chi connectivity index (χ4n) is 2.01. The molecule has 4 nitrogen and oxygen atoms in total. The Morgan fingerprint density at radius 1 is 1.42 bits per heavy atom. The van der Waals surface area contributed by atoms with Gasteiger partial charge in [0.05, 0.1) is 19.6 Å². The molecule has 1 atom stereocenters. The highest BCUT2D eigenvalue weighted by atomic mass is 16.5. The predicted octanol–water partition coefficient (Wildman–Crippen LogP) is 2.29. The van der Waals surface area contributed by atoms with Crippen LogP contribution in [0.2, 0.25) is 0 Å². The van der Waals surface area contributed by atoms with Crippen molar-refractivity contribution in [2.75, 3.05) is 20.3 Å². The van der Waals surface area contributed by atoms with Crippen molar-refractivity contribution in [3.8, 4) is 5.75 Å². The summed E-state index contributed by atoms with van der Waals surface area (Å²) >= 11 is 0. The Kier molecular flexibility index (Phi) is 6.36. The van der Waals surface area contributed by atoms with E-state index in [1.165, 1.54) is 0 Å². The number of aryl methyl sites for hydroxylation is 1. The number of rotatable bonds is 7. The second-order valence-corrected chi connectivity index (χ2v) is 4.37. The van der Waals surface area contributed by atoms with Crippen molar-refractivity contribution in [2.24, 2.45) is 0 Å². The van der Waals surface area contributed by atoms with Crippen LogP contribution in [0.15, 0.2) is 18.2 Å². The molecule has 0 spiro atoms. The topological polar surface area (TPSA) is 55.8 Å². The molecule has 0 saturated heterocycles. The van der Waals surface area contributed by atoms with Crippen LogP contribution >= 0.6 is 0 Å². The molecule has 0 bridgehead atoms. The smallest absolute Gasteiger partial charge is 0.313 e. The number of hydrogen-bond donors (Lipinski definition) is 1. The summed E-state index contributed by atoms with van der Waals surface area (Å²) in [6.45, 7) is 4.14. The number of carbonyl (C=O) groups is 1. The van der Waals surface area contributed by atoms with Gasteiger partial charge in [0.2, 0.25) is 0 Å². The maximum Gasteiger partial charge on any atom is 0.313 e. The van der Waals surface area contributed by atoms with Crippen LogP contribution in [0.4, 0.5) is 0 Å². The molecule has 0 amide bonds. The van der Waals surface area contributed by atoms with E-state index in [1.54, 1.807) is 14.0 Å². The highest BCUT2D eigenvalue weighted by Gasteiger charge is 2.19. The molecule has 0 radical (unpaired) electrons. The summed E-state index contributed by atoms with van der Waals surface area (Å²) in [4.78, 5) is 11.8. The zero-order chi connectivity index (χ0) is 14.3. The van der Waals surface area contributed by atoms with Crippen LogP contribution in [-0.4, -0.2) is 31.4 Å². The molecule has 0 aliphatic rings. The lowest BCUT2D eigenvalue weighted by molar-refractivity contribution is -0.144. The molecule has 4 heteroatoms. The Labute approximate surface area is 114 Å². The zero-order valence-corrected chi connectivity index (χ0v) is 11.8. The average Bonchev–Trinajstić information content (AvgIpc) is 2.44. The van der Waals surface area contributed by atoms with E-state index in [0.717, 1.165) is 16.9 Å². The van der Waals surface area contributed by atoms with Gasteiger partial charge in [-0.15, -0.1) is 0 Å². The van der Waals surface area contributed by atoms with Crippen molar-refractivity contribution < 1.29 is 19.4 Å². The number of hydrogen-bond acceptors (Lipinski definition) is 4. The fraction of sp³-hybridized carbons (Fsp3) is 0.533. The standard InChI is InChI=1S/C15H22O4/c1-4-19-15(17)11(2)14-8-7-13(18-3)10-12(14)6-5-9-16/h7-8,10-11,16H,4-6,9H2,1-3H3. The molecule has 0 aliphatic carbocycles. The Morgan fingerprint density at radius 3 is 2.74 bits per heavy atom. The Hall–Kier alpha value is -1.55. The number of ether oxygens (including phenoxy) is 2. The van der Waals surface area contributed by atoms with Crippen molar-refractivity contribution in [1.29, 1.82) is 0 Å². The minimum absolute atomic E-state index is 0.129. The first-order valence-corrected chi connectivity index (χ1v) is 6.58. The number of carbonyl (C=O) groups excluding carboxylic acids is 1. The second kappa shape index (κ2) is 7.79. The number of aliphatic hydroxyl groups excluding tert-OH is 1. The predicted molar refractivity (Wildman–Crippen MR) is 73.4 cm³/mol. The normalized spacial score (nSPS) is 12.0. The van der Waals surface area contributed by atoms with Crippen molar-refractivity contribution in [2.45, 2.75) is 32.6 Å². The van der Waals surface area contributed by atoms with E-state index < -0.39 is 0 Å². The van der Waals surface area contributed by atoms with Crippen LogP contribution in [0.25, 0.3) is 0 Å². The fourth-order valence-corrected chi connectivity index (χ4v) is 2.01. The minimum atomic E-state index is -0.306. The van der Waals surface area contributed by atoms with Crippen molar-refractivity contribution in [3.05, 3.63) is 29.3 Å². The molecule has 0 heterocycles. The zero-order valence-electron chi connectivity index (χ0n) is 11.8. The van der Waals surface area contributed by atoms with Gasteiger partial charge < -0.3 is 14.6 Å². The lowest BCUT2D eigenvalue weighted by atomic mass is 9.93. The molecule has 1 aromatic carbocycles. The first kappa shape index (κ1) is 15.5. The van der Waals surface area contributed by atoms with Gasteiger partial charge in [0.25, 0.3) is 0 Å². The molecular weight excluding hydrogens is 244 g/mol. The number of benzene rings is 1. The third-order valence-electron chi connectivity index (χ3n) is 3.06. The van der Waals surface area contributed by atoms with Crippen LogP contribution in [0, 0.1) is 0 Å². The molecule has 106 valence electrons. The van der Waals surface area contributed by atoms with E-state index in [4.69, 9.17) is 14.6 Å². The summed E-state index contributed by atoms with van der Waals surface area (Å²) in [5.41, 5.74) is 1.96. The van der Waals surface area contributed by atoms with Gasteiger partial charge in [0, 0.05) is 6.61 Å². The van der Waals surface area contributed by atoms with Gasteiger partial charge in [-0.25, -0.2) is 0 Å². The highest BCUT2D eigenvalue weighted by Crippen LogP contribution is 2.26. The number of esters is 1. The molecule has 0 aliphatic heterocycles. The van der Waals surface area contributed by atoms with Crippen LogP contribution in [-0.2, 0) is 16.0 Å². The van der Waals surface area contributed by atoms with E-state index in [0.29, 0.717) is 19.4 Å². The van der Waals surface area contributed by atoms with Gasteiger partial charge in [-0.3, -0.25) is 4.79 Å². The molecule has 19 heavy (non-hydrogen) atoms. The molecule has 0 fully saturated rings. The summed E-state index contributed by atoms with van der Waals surface area (Å²) in [5.74, 6) is 0.227. The maximum absolute atomic E-state index is 11.8. The van der Waals surface area contributed by atoms with Crippen molar-refractivity contribution >= 4 is 5.97 Å². The largest absolute Gasteiger partial charge is 0.497 e. The van der Waals surface area contributed by atoms with Crippen LogP contribution in [0.3, 0.4) is 0 Å². The van der Waals surface area contributed by atoms with Crippen molar-refractivity contribution in [1.82, 2.24) is 0 Å². The van der Waals surface area contributed by atoms with Gasteiger partial charge in [0.15, 0.2) is 0 Å². The van der Waals surface area contributed by atoms with Gasteiger partial charge >= 0.3 is 5.97 Å². The molecule has 1 N–H and O–H groups in total. The summed E-state index contributed by atoms with van der Waals surface area (Å²) < 4.78 is 10.3. The maximum atomic E-state index is 11.8. The molecular formula is C15H22O4. The minimum Gasteiger partial charge on any atom is -0.497 e. The summed E-state index contributed by atoms with van der Waals surface area (Å²) in [5, 5.41) is 8.95. The Bertz CT molecular complexity index is 415. The van der Waals surface area contributed by atoms with E-state index >= 15 is 0 Å². The molecule has 1 rings (SSSR count). The average molecular weight is 266 g/mol.